The zero-order valence-electron chi connectivity index (χ0n) is 11.9. The Balaban J connectivity index is 2.50. The van der Waals surface area contributed by atoms with Crippen molar-refractivity contribution in [3.63, 3.8) is 0 Å². The van der Waals surface area contributed by atoms with Crippen LogP contribution in [0.5, 0.6) is 5.75 Å². The monoisotopic (exact) mass is 281 g/mol. The molecule has 106 valence electrons. The van der Waals surface area contributed by atoms with Gasteiger partial charge in [0.1, 0.15) is 5.75 Å². The fraction of sp³-hybridized carbons (Fsp3) is 0.500. The average Bonchev–Trinajstić information content (AvgIpc) is 2.44. The summed E-state index contributed by atoms with van der Waals surface area (Å²) in [5.41, 5.74) is 1.14. The molecule has 0 atom stereocenters. The van der Waals surface area contributed by atoms with E-state index in [0.717, 1.165) is 29.6 Å². The summed E-state index contributed by atoms with van der Waals surface area (Å²) in [6.45, 7) is 4.29. The van der Waals surface area contributed by atoms with Crippen LogP contribution in [0.2, 0.25) is 0 Å². The number of aliphatic imine (C=N–C) groups is 1. The van der Waals surface area contributed by atoms with Crippen LogP contribution in [0, 0.1) is 0 Å². The highest BCUT2D eigenvalue weighted by Gasteiger charge is 2.03. The van der Waals surface area contributed by atoms with Gasteiger partial charge >= 0.3 is 0 Å². The van der Waals surface area contributed by atoms with E-state index in [1.807, 2.05) is 36.9 Å². The number of para-hydroxylation sites is 1. The Morgan fingerprint density at radius 3 is 2.79 bits per heavy atom. The fourth-order valence-electron chi connectivity index (χ4n) is 1.62. The van der Waals surface area contributed by atoms with E-state index in [4.69, 9.17) is 4.74 Å². The number of rotatable bonds is 7. The van der Waals surface area contributed by atoms with E-state index in [-0.39, 0.29) is 0 Å². The Morgan fingerprint density at radius 1 is 1.32 bits per heavy atom. The molecule has 5 heteroatoms. The van der Waals surface area contributed by atoms with E-state index >= 15 is 0 Å². The van der Waals surface area contributed by atoms with E-state index in [2.05, 4.69) is 27.9 Å². The Bertz CT molecular complexity index is 396. The molecule has 0 saturated carbocycles. The molecule has 0 aromatic heterocycles. The van der Waals surface area contributed by atoms with Crippen molar-refractivity contribution in [2.75, 3.05) is 32.2 Å². The molecule has 2 N–H and O–H groups in total. The van der Waals surface area contributed by atoms with Gasteiger partial charge in [0.05, 0.1) is 6.61 Å². The number of nitrogens with zero attached hydrogens (tertiary/aromatic N) is 1. The van der Waals surface area contributed by atoms with Gasteiger partial charge in [-0.2, -0.15) is 11.8 Å². The molecule has 0 bridgehead atoms. The van der Waals surface area contributed by atoms with Gasteiger partial charge in [-0.3, -0.25) is 4.99 Å². The summed E-state index contributed by atoms with van der Waals surface area (Å²) < 4.78 is 5.60. The lowest BCUT2D eigenvalue weighted by atomic mass is 10.2. The number of nitrogens with one attached hydrogen (secondary N) is 2. The number of thioether (sulfide) groups is 1. The molecule has 0 saturated heterocycles. The second-order valence-electron chi connectivity index (χ2n) is 3.89. The van der Waals surface area contributed by atoms with E-state index in [1.54, 1.807) is 7.05 Å². The maximum absolute atomic E-state index is 5.60. The van der Waals surface area contributed by atoms with Gasteiger partial charge in [-0.05, 0) is 19.2 Å². The molecule has 1 rings (SSSR count). The molecule has 1 aromatic carbocycles. The lowest BCUT2D eigenvalue weighted by Gasteiger charge is -2.14. The van der Waals surface area contributed by atoms with Crippen molar-refractivity contribution in [3.05, 3.63) is 29.8 Å². The Labute approximate surface area is 120 Å². The molecule has 0 aliphatic carbocycles. The Morgan fingerprint density at radius 2 is 2.11 bits per heavy atom. The topological polar surface area (TPSA) is 45.6 Å². The van der Waals surface area contributed by atoms with Crippen LogP contribution in [0.15, 0.2) is 29.3 Å². The minimum absolute atomic E-state index is 0.678. The molecule has 19 heavy (non-hydrogen) atoms. The van der Waals surface area contributed by atoms with Crippen molar-refractivity contribution in [3.8, 4) is 5.75 Å². The first kappa shape index (κ1) is 15.7. The van der Waals surface area contributed by atoms with Crippen LogP contribution in [0.1, 0.15) is 12.5 Å². The summed E-state index contributed by atoms with van der Waals surface area (Å²) in [6.07, 6.45) is 2.09. The highest BCUT2D eigenvalue weighted by atomic mass is 32.2. The van der Waals surface area contributed by atoms with Crippen molar-refractivity contribution in [2.24, 2.45) is 4.99 Å². The highest BCUT2D eigenvalue weighted by Crippen LogP contribution is 2.17. The maximum Gasteiger partial charge on any atom is 0.191 e. The fourth-order valence-corrected chi connectivity index (χ4v) is 1.92. The van der Waals surface area contributed by atoms with Crippen LogP contribution in [0.4, 0.5) is 0 Å². The number of hydrogen-bond acceptors (Lipinski definition) is 3. The van der Waals surface area contributed by atoms with E-state index in [0.29, 0.717) is 13.2 Å². The molecule has 0 heterocycles. The smallest absolute Gasteiger partial charge is 0.191 e. The summed E-state index contributed by atoms with van der Waals surface area (Å²) in [5, 5.41) is 6.56. The van der Waals surface area contributed by atoms with Crippen LogP contribution >= 0.6 is 11.8 Å². The van der Waals surface area contributed by atoms with Crippen LogP contribution in [-0.4, -0.2) is 38.2 Å². The van der Waals surface area contributed by atoms with E-state index < -0.39 is 0 Å². The molecule has 0 amide bonds. The molecule has 0 fully saturated rings. The van der Waals surface area contributed by atoms with Gasteiger partial charge in [-0.25, -0.2) is 0 Å². The van der Waals surface area contributed by atoms with Crippen molar-refractivity contribution >= 4 is 17.7 Å². The zero-order valence-corrected chi connectivity index (χ0v) is 12.7. The normalized spacial score (nSPS) is 11.2. The van der Waals surface area contributed by atoms with Gasteiger partial charge in [0.2, 0.25) is 0 Å². The van der Waals surface area contributed by atoms with Gasteiger partial charge in [0.25, 0.3) is 0 Å². The van der Waals surface area contributed by atoms with E-state index in [1.165, 1.54) is 0 Å². The molecule has 0 aliphatic rings. The summed E-state index contributed by atoms with van der Waals surface area (Å²) >= 11 is 1.81. The lowest BCUT2D eigenvalue weighted by Crippen LogP contribution is -2.38. The van der Waals surface area contributed by atoms with Crippen LogP contribution in [0.25, 0.3) is 0 Å². The SMILES string of the molecule is CCOc1ccccc1CNC(=NC)NCCSC. The number of ether oxygens (including phenoxy) is 1. The van der Waals surface area contributed by atoms with Gasteiger partial charge in [-0.1, -0.05) is 18.2 Å². The van der Waals surface area contributed by atoms with Crippen molar-refractivity contribution in [2.45, 2.75) is 13.5 Å². The molecule has 0 radical (unpaired) electrons. The maximum atomic E-state index is 5.60. The molecular weight excluding hydrogens is 258 g/mol. The first-order valence-electron chi connectivity index (χ1n) is 6.46. The highest BCUT2D eigenvalue weighted by molar-refractivity contribution is 7.98. The Hall–Kier alpha value is -1.36. The number of hydrogen-bond donors (Lipinski definition) is 2. The predicted molar refractivity (Wildman–Crippen MR) is 84.2 cm³/mol. The van der Waals surface area contributed by atoms with Crippen LogP contribution < -0.4 is 15.4 Å². The third-order valence-corrected chi connectivity index (χ3v) is 3.15. The van der Waals surface area contributed by atoms with Crippen molar-refractivity contribution < 1.29 is 4.74 Å². The zero-order chi connectivity index (χ0) is 13.9. The third kappa shape index (κ3) is 5.87. The third-order valence-electron chi connectivity index (χ3n) is 2.54. The minimum atomic E-state index is 0.678. The van der Waals surface area contributed by atoms with Crippen LogP contribution in [-0.2, 0) is 6.54 Å². The molecule has 0 unspecified atom stereocenters. The second-order valence-corrected chi connectivity index (χ2v) is 4.87. The summed E-state index contributed by atoms with van der Waals surface area (Å²) in [5.74, 6) is 2.81. The van der Waals surface area contributed by atoms with Gasteiger partial charge in [0, 0.05) is 31.5 Å². The first-order valence-corrected chi connectivity index (χ1v) is 7.85. The van der Waals surface area contributed by atoms with Gasteiger partial charge < -0.3 is 15.4 Å². The molecule has 1 aromatic rings. The van der Waals surface area contributed by atoms with Crippen molar-refractivity contribution in [1.29, 1.82) is 0 Å². The molecule has 4 nitrogen and oxygen atoms in total. The quantitative estimate of drug-likeness (QED) is 0.456. The minimum Gasteiger partial charge on any atom is -0.494 e. The number of guanidine groups is 1. The predicted octanol–water partition coefficient (Wildman–Crippen LogP) is 2.11. The summed E-state index contributed by atoms with van der Waals surface area (Å²) in [7, 11) is 1.78. The molecular formula is C14H23N3OS. The largest absolute Gasteiger partial charge is 0.494 e. The van der Waals surface area contributed by atoms with Gasteiger partial charge in [0.15, 0.2) is 5.96 Å². The summed E-state index contributed by atoms with van der Waals surface area (Å²) in [4.78, 5) is 4.19. The van der Waals surface area contributed by atoms with Crippen molar-refractivity contribution in [1.82, 2.24) is 10.6 Å². The molecule has 0 aliphatic heterocycles. The van der Waals surface area contributed by atoms with Gasteiger partial charge in [-0.15, -0.1) is 0 Å². The molecule has 0 spiro atoms. The summed E-state index contributed by atoms with van der Waals surface area (Å²) in [6, 6.07) is 8.06. The Kier molecular flexibility index (Phi) is 7.89. The average molecular weight is 281 g/mol. The van der Waals surface area contributed by atoms with E-state index in [9.17, 15) is 0 Å². The van der Waals surface area contributed by atoms with Crippen LogP contribution in [0.3, 0.4) is 0 Å². The standard InChI is InChI=1S/C14H23N3OS/c1-4-18-13-8-6-5-7-12(13)11-17-14(15-2)16-9-10-19-3/h5-8H,4,9-11H2,1-3H3,(H2,15,16,17). The number of benzene rings is 1. The second kappa shape index (κ2) is 9.55. The lowest BCUT2D eigenvalue weighted by molar-refractivity contribution is 0.336. The first-order chi connectivity index (χ1) is 9.31.